The predicted molar refractivity (Wildman–Crippen MR) is 92.6 cm³/mol. The highest BCUT2D eigenvalue weighted by molar-refractivity contribution is 6.17. The van der Waals surface area contributed by atoms with Crippen LogP contribution in [0.25, 0.3) is 16.9 Å². The van der Waals surface area contributed by atoms with E-state index in [0.29, 0.717) is 23.9 Å². The number of aromatic nitrogens is 2. The first kappa shape index (κ1) is 16.3. The second-order valence-electron chi connectivity index (χ2n) is 5.24. The van der Waals surface area contributed by atoms with Crippen molar-refractivity contribution in [1.29, 1.82) is 0 Å². The molecule has 24 heavy (non-hydrogen) atoms. The van der Waals surface area contributed by atoms with Crippen LogP contribution in [-0.2, 0) is 0 Å². The number of hydrogen-bond acceptors (Lipinski definition) is 2. The van der Waals surface area contributed by atoms with Gasteiger partial charge in [-0.25, -0.2) is 9.07 Å². The molecular formula is C18H16ClFN2O2. The van der Waals surface area contributed by atoms with Crippen molar-refractivity contribution in [2.45, 2.75) is 6.42 Å². The number of halogens is 2. The lowest BCUT2D eigenvalue weighted by atomic mass is 10.1. The first-order valence-corrected chi connectivity index (χ1v) is 8.08. The zero-order valence-electron chi connectivity index (χ0n) is 12.8. The molecule has 0 radical (unpaired) electrons. The summed E-state index contributed by atoms with van der Waals surface area (Å²) in [4.78, 5) is 12.2. The van der Waals surface area contributed by atoms with Crippen molar-refractivity contribution in [3.63, 3.8) is 0 Å². The quantitative estimate of drug-likeness (QED) is 0.542. The molecule has 0 aliphatic rings. The topological polar surface area (TPSA) is 47.0 Å². The van der Waals surface area contributed by atoms with Crippen LogP contribution in [0.1, 0.15) is 6.42 Å². The molecule has 1 heterocycles. The molecule has 0 fully saturated rings. The van der Waals surface area contributed by atoms with Crippen LogP contribution in [0.5, 0.6) is 5.75 Å². The van der Waals surface area contributed by atoms with Crippen LogP contribution in [0.2, 0.25) is 0 Å². The van der Waals surface area contributed by atoms with Gasteiger partial charge in [-0.05, 0) is 60.5 Å². The van der Waals surface area contributed by atoms with Crippen molar-refractivity contribution in [2.75, 3.05) is 12.5 Å². The lowest BCUT2D eigenvalue weighted by Gasteiger charge is -2.07. The molecule has 0 atom stereocenters. The Morgan fingerprint density at radius 3 is 2.46 bits per heavy atom. The molecule has 3 rings (SSSR count). The Morgan fingerprint density at radius 1 is 1.08 bits per heavy atom. The minimum absolute atomic E-state index is 0.190. The van der Waals surface area contributed by atoms with E-state index in [1.807, 2.05) is 0 Å². The molecule has 0 spiro atoms. The summed E-state index contributed by atoms with van der Waals surface area (Å²) in [5, 5.41) is 3.03. The molecule has 0 amide bonds. The van der Waals surface area contributed by atoms with E-state index in [9.17, 15) is 9.18 Å². The van der Waals surface area contributed by atoms with Gasteiger partial charge in [-0.2, -0.15) is 0 Å². The highest BCUT2D eigenvalue weighted by Crippen LogP contribution is 2.18. The number of ether oxygens (including phenoxy) is 1. The van der Waals surface area contributed by atoms with E-state index in [2.05, 4.69) is 5.10 Å². The average molecular weight is 347 g/mol. The zero-order valence-corrected chi connectivity index (χ0v) is 13.6. The second-order valence-corrected chi connectivity index (χ2v) is 5.61. The number of alkyl halides is 1. The molecule has 3 aromatic rings. The molecule has 0 saturated carbocycles. The Balaban J connectivity index is 1.82. The number of benzene rings is 2. The summed E-state index contributed by atoms with van der Waals surface area (Å²) in [6.07, 6.45) is 0.778. The molecule has 1 N–H and O–H groups in total. The summed E-state index contributed by atoms with van der Waals surface area (Å²) in [7, 11) is 0. The molecule has 0 aliphatic heterocycles. The van der Waals surface area contributed by atoms with Crippen LogP contribution in [0, 0.1) is 5.82 Å². The standard InChI is InChI=1S/C18H16ClFN2O2/c19-10-1-11-24-16-8-6-15(7-9-16)22-18(23)12-17(21-22)13-2-4-14(20)5-3-13/h2-9,12,21H,1,10-11H2. The minimum Gasteiger partial charge on any atom is -0.494 e. The zero-order chi connectivity index (χ0) is 16.9. The normalized spacial score (nSPS) is 10.8. The third kappa shape index (κ3) is 3.68. The maximum absolute atomic E-state index is 13.0. The van der Waals surface area contributed by atoms with Gasteiger partial charge in [-0.1, -0.05) is 0 Å². The van der Waals surface area contributed by atoms with Gasteiger partial charge in [-0.15, -0.1) is 11.6 Å². The Morgan fingerprint density at radius 2 is 1.79 bits per heavy atom. The SMILES string of the molecule is O=c1cc(-c2ccc(F)cc2)[nH]n1-c1ccc(OCCCCl)cc1. The summed E-state index contributed by atoms with van der Waals surface area (Å²) in [6.45, 7) is 0.556. The number of H-pyrrole nitrogens is 1. The van der Waals surface area contributed by atoms with Gasteiger partial charge in [0.25, 0.3) is 5.56 Å². The van der Waals surface area contributed by atoms with Gasteiger partial charge in [0.05, 0.1) is 18.0 Å². The number of rotatable bonds is 6. The van der Waals surface area contributed by atoms with E-state index < -0.39 is 0 Å². The van der Waals surface area contributed by atoms with Crippen LogP contribution < -0.4 is 10.3 Å². The van der Waals surface area contributed by atoms with E-state index >= 15 is 0 Å². The van der Waals surface area contributed by atoms with Crippen molar-refractivity contribution in [3.05, 3.63) is 70.8 Å². The lowest BCUT2D eigenvalue weighted by molar-refractivity contribution is 0.318. The smallest absolute Gasteiger partial charge is 0.271 e. The molecule has 6 heteroatoms. The summed E-state index contributed by atoms with van der Waals surface area (Å²) >= 11 is 5.61. The van der Waals surface area contributed by atoms with Crippen LogP contribution in [0.3, 0.4) is 0 Å². The maximum atomic E-state index is 13.0. The van der Waals surface area contributed by atoms with E-state index in [4.69, 9.17) is 16.3 Å². The third-order valence-corrected chi connectivity index (χ3v) is 3.78. The Labute approximate surface area is 143 Å². The number of nitrogens with one attached hydrogen (secondary N) is 1. The van der Waals surface area contributed by atoms with Crippen LogP contribution in [-0.4, -0.2) is 22.3 Å². The average Bonchev–Trinajstić information content (AvgIpc) is 2.98. The van der Waals surface area contributed by atoms with Gasteiger partial charge in [0.1, 0.15) is 11.6 Å². The van der Waals surface area contributed by atoms with Crippen molar-refractivity contribution in [1.82, 2.24) is 9.78 Å². The van der Waals surface area contributed by atoms with Gasteiger partial charge >= 0.3 is 0 Å². The molecule has 2 aromatic carbocycles. The molecule has 0 unspecified atom stereocenters. The predicted octanol–water partition coefficient (Wildman–Crippen LogP) is 3.98. The monoisotopic (exact) mass is 346 g/mol. The van der Waals surface area contributed by atoms with E-state index in [1.165, 1.54) is 22.9 Å². The molecule has 0 saturated heterocycles. The summed E-state index contributed by atoms with van der Waals surface area (Å²) in [6, 6.07) is 14.6. The fourth-order valence-corrected chi connectivity index (χ4v) is 2.41. The Bertz CT molecular complexity index is 854. The molecule has 0 bridgehead atoms. The van der Waals surface area contributed by atoms with Gasteiger partial charge in [-0.3, -0.25) is 9.89 Å². The second kappa shape index (κ2) is 7.36. The number of nitrogens with zero attached hydrogens (tertiary/aromatic N) is 1. The van der Waals surface area contributed by atoms with E-state index in [0.717, 1.165) is 17.7 Å². The summed E-state index contributed by atoms with van der Waals surface area (Å²) < 4.78 is 20.0. The van der Waals surface area contributed by atoms with Gasteiger partial charge in [0, 0.05) is 11.9 Å². The van der Waals surface area contributed by atoms with Gasteiger partial charge in [0.2, 0.25) is 0 Å². The summed E-state index contributed by atoms with van der Waals surface area (Å²) in [5.41, 5.74) is 1.87. The molecule has 1 aromatic heterocycles. The Hall–Kier alpha value is -2.53. The Kier molecular flexibility index (Phi) is 5.01. The number of aromatic amines is 1. The highest BCUT2D eigenvalue weighted by atomic mass is 35.5. The molecule has 4 nitrogen and oxygen atoms in total. The van der Waals surface area contributed by atoms with Crippen molar-refractivity contribution >= 4 is 11.6 Å². The van der Waals surface area contributed by atoms with Crippen LogP contribution in [0.4, 0.5) is 4.39 Å². The molecule has 124 valence electrons. The largest absolute Gasteiger partial charge is 0.494 e. The van der Waals surface area contributed by atoms with Crippen molar-refractivity contribution in [3.8, 4) is 22.7 Å². The van der Waals surface area contributed by atoms with E-state index in [-0.39, 0.29) is 11.4 Å². The highest BCUT2D eigenvalue weighted by Gasteiger charge is 2.07. The van der Waals surface area contributed by atoms with Gasteiger partial charge < -0.3 is 4.74 Å². The van der Waals surface area contributed by atoms with Gasteiger partial charge in [0.15, 0.2) is 0 Å². The fraction of sp³-hybridized carbons (Fsp3) is 0.167. The number of hydrogen-bond donors (Lipinski definition) is 1. The maximum Gasteiger partial charge on any atom is 0.271 e. The minimum atomic E-state index is -0.315. The molecular weight excluding hydrogens is 331 g/mol. The van der Waals surface area contributed by atoms with Crippen molar-refractivity contribution < 1.29 is 9.13 Å². The van der Waals surface area contributed by atoms with Crippen LogP contribution >= 0.6 is 11.6 Å². The molecule has 0 aliphatic carbocycles. The first-order chi connectivity index (χ1) is 11.7. The summed E-state index contributed by atoms with van der Waals surface area (Å²) in [5.74, 6) is 0.967. The van der Waals surface area contributed by atoms with Crippen LogP contribution in [0.15, 0.2) is 59.4 Å². The fourth-order valence-electron chi connectivity index (χ4n) is 2.30. The lowest BCUT2D eigenvalue weighted by Crippen LogP contribution is -2.13. The van der Waals surface area contributed by atoms with Crippen molar-refractivity contribution in [2.24, 2.45) is 0 Å². The van der Waals surface area contributed by atoms with E-state index in [1.54, 1.807) is 36.4 Å². The first-order valence-electron chi connectivity index (χ1n) is 7.54. The third-order valence-electron chi connectivity index (χ3n) is 3.52.